The van der Waals surface area contributed by atoms with Gasteiger partial charge in [0.1, 0.15) is 0 Å². The van der Waals surface area contributed by atoms with E-state index in [1.54, 1.807) is 6.92 Å². The largest absolute Gasteiger partial charge is 0.466 e. The number of nitrogens with zero attached hydrogens (tertiary/aromatic N) is 1. The molecule has 0 radical (unpaired) electrons. The summed E-state index contributed by atoms with van der Waals surface area (Å²) < 4.78 is 21.0. The van der Waals surface area contributed by atoms with Crippen LogP contribution in [0.3, 0.4) is 0 Å². The van der Waals surface area contributed by atoms with Gasteiger partial charge >= 0.3 is 17.9 Å². The molecule has 134 valence electrons. The number of carbonyl (C=O) groups is 3. The molecule has 0 spiro atoms. The van der Waals surface area contributed by atoms with Gasteiger partial charge in [0.15, 0.2) is 23.0 Å². The van der Waals surface area contributed by atoms with Crippen LogP contribution in [0.4, 0.5) is 4.53 Å². The van der Waals surface area contributed by atoms with E-state index in [9.17, 15) is 18.9 Å². The Labute approximate surface area is 153 Å². The SMILES string of the molecule is CCOC(=O)CCN(CCSCCC(=O)OF)CCC(=O)OI. The summed E-state index contributed by atoms with van der Waals surface area (Å²) in [5, 5.41) is 0. The normalized spacial score (nSPS) is 10.4. The number of hydrogen-bond acceptors (Lipinski definition) is 8. The lowest BCUT2D eigenvalue weighted by Gasteiger charge is -2.21. The van der Waals surface area contributed by atoms with E-state index in [2.05, 4.69) is 8.01 Å². The number of ether oxygens (including phenoxy) is 1. The van der Waals surface area contributed by atoms with Gasteiger partial charge in [0.05, 0.1) is 25.9 Å². The second kappa shape index (κ2) is 14.9. The van der Waals surface area contributed by atoms with Crippen molar-refractivity contribution in [3.8, 4) is 0 Å². The van der Waals surface area contributed by atoms with Gasteiger partial charge in [-0.3, -0.25) is 14.5 Å². The van der Waals surface area contributed by atoms with E-state index >= 15 is 0 Å². The van der Waals surface area contributed by atoms with Gasteiger partial charge in [-0.25, -0.2) is 4.79 Å². The highest BCUT2D eigenvalue weighted by Gasteiger charge is 2.12. The average Bonchev–Trinajstić information content (AvgIpc) is 2.55. The maximum absolute atomic E-state index is 11.5. The zero-order chi connectivity index (χ0) is 17.5. The van der Waals surface area contributed by atoms with Gasteiger partial charge in [0, 0.05) is 35.7 Å². The number of esters is 1. The van der Waals surface area contributed by atoms with Crippen molar-refractivity contribution in [3.05, 3.63) is 0 Å². The summed E-state index contributed by atoms with van der Waals surface area (Å²) in [5.41, 5.74) is 0. The number of thioether (sulfide) groups is 1. The fourth-order valence-corrected chi connectivity index (χ4v) is 2.72. The highest BCUT2D eigenvalue weighted by molar-refractivity contribution is 14.1. The van der Waals surface area contributed by atoms with Gasteiger partial charge in [-0.1, -0.05) is 0 Å². The fraction of sp³-hybridized carbons (Fsp3) is 0.769. The zero-order valence-corrected chi connectivity index (χ0v) is 15.9. The third kappa shape index (κ3) is 13.5. The molecule has 0 aromatic rings. The summed E-state index contributed by atoms with van der Waals surface area (Å²) in [5.74, 6) is -0.370. The first kappa shape index (κ1) is 22.4. The predicted octanol–water partition coefficient (Wildman–Crippen LogP) is 2.08. The second-order valence-corrected chi connectivity index (χ2v) is 6.07. The van der Waals surface area contributed by atoms with E-state index < -0.39 is 5.97 Å². The van der Waals surface area contributed by atoms with Crippen molar-refractivity contribution in [3.63, 3.8) is 0 Å². The van der Waals surface area contributed by atoms with Crippen LogP contribution >= 0.6 is 34.8 Å². The molecular weight excluding hydrogens is 444 g/mol. The molecule has 0 aromatic heterocycles. The van der Waals surface area contributed by atoms with Crippen molar-refractivity contribution in [1.82, 2.24) is 4.90 Å². The first-order valence-corrected chi connectivity index (χ1v) is 9.15. The Bertz CT molecular complexity index is 374. The Morgan fingerprint density at radius 3 is 2.22 bits per heavy atom. The molecule has 0 fully saturated rings. The van der Waals surface area contributed by atoms with E-state index in [-0.39, 0.29) is 31.2 Å². The molecule has 0 N–H and O–H groups in total. The first-order chi connectivity index (χ1) is 11.0. The Kier molecular flexibility index (Phi) is 14.5. The summed E-state index contributed by atoms with van der Waals surface area (Å²) in [6.07, 6.45) is 0.474. The summed E-state index contributed by atoms with van der Waals surface area (Å²) >= 11 is 3.00. The zero-order valence-electron chi connectivity index (χ0n) is 12.9. The minimum absolute atomic E-state index is 0.00511. The fourth-order valence-electron chi connectivity index (χ4n) is 1.60. The monoisotopic (exact) mass is 465 g/mol. The van der Waals surface area contributed by atoms with Gasteiger partial charge in [-0.2, -0.15) is 11.8 Å². The third-order valence-electron chi connectivity index (χ3n) is 2.74. The summed E-state index contributed by atoms with van der Waals surface area (Å²) in [4.78, 5) is 38.3. The van der Waals surface area contributed by atoms with Crippen LogP contribution in [0.25, 0.3) is 0 Å². The van der Waals surface area contributed by atoms with Crippen molar-refractivity contribution < 1.29 is 31.7 Å². The minimum atomic E-state index is -0.888. The van der Waals surface area contributed by atoms with Crippen LogP contribution in [0.2, 0.25) is 0 Å². The number of halogens is 2. The second-order valence-electron chi connectivity index (χ2n) is 4.41. The van der Waals surface area contributed by atoms with Crippen molar-refractivity contribution in [2.24, 2.45) is 0 Å². The lowest BCUT2D eigenvalue weighted by Crippen LogP contribution is -2.31. The van der Waals surface area contributed by atoms with Gasteiger partial charge in [-0.05, 0) is 6.92 Å². The molecule has 0 atom stereocenters. The maximum Gasteiger partial charge on any atom is 0.349 e. The summed E-state index contributed by atoms with van der Waals surface area (Å²) in [7, 11) is 0. The lowest BCUT2D eigenvalue weighted by molar-refractivity contribution is -0.183. The Hall–Kier alpha value is -0.620. The molecule has 0 amide bonds. The molecule has 10 heteroatoms. The van der Waals surface area contributed by atoms with E-state index in [0.29, 0.717) is 37.7 Å². The van der Waals surface area contributed by atoms with Gasteiger partial charge in [-0.15, -0.1) is 0 Å². The molecule has 0 bridgehead atoms. The molecule has 23 heavy (non-hydrogen) atoms. The molecule has 0 saturated carbocycles. The van der Waals surface area contributed by atoms with E-state index in [1.807, 2.05) is 4.90 Å². The van der Waals surface area contributed by atoms with Crippen LogP contribution in [0.15, 0.2) is 0 Å². The van der Waals surface area contributed by atoms with Gasteiger partial charge in [0.2, 0.25) is 0 Å². The molecule has 0 aromatic carbocycles. The summed E-state index contributed by atoms with van der Waals surface area (Å²) in [6.45, 7) is 3.64. The molecule has 0 rings (SSSR count). The quantitative estimate of drug-likeness (QED) is 0.232. The average molecular weight is 465 g/mol. The first-order valence-electron chi connectivity index (χ1n) is 7.12. The Balaban J connectivity index is 4.07. The molecule has 0 heterocycles. The predicted molar refractivity (Wildman–Crippen MR) is 91.6 cm³/mol. The topological polar surface area (TPSA) is 82.1 Å². The van der Waals surface area contributed by atoms with E-state index in [0.717, 1.165) is 0 Å². The number of rotatable bonds is 13. The smallest absolute Gasteiger partial charge is 0.349 e. The van der Waals surface area contributed by atoms with Crippen molar-refractivity contribution >= 4 is 52.7 Å². The highest BCUT2D eigenvalue weighted by Crippen LogP contribution is 2.06. The Morgan fingerprint density at radius 1 is 1.00 bits per heavy atom. The van der Waals surface area contributed by atoms with Crippen LogP contribution in [-0.4, -0.2) is 60.6 Å². The summed E-state index contributed by atoms with van der Waals surface area (Å²) in [6, 6.07) is 0. The van der Waals surface area contributed by atoms with Crippen molar-refractivity contribution in [2.75, 3.05) is 37.7 Å². The van der Waals surface area contributed by atoms with Crippen molar-refractivity contribution in [2.45, 2.75) is 26.2 Å². The molecule has 0 aliphatic heterocycles. The Morgan fingerprint density at radius 2 is 1.65 bits per heavy atom. The van der Waals surface area contributed by atoms with Crippen LogP contribution in [0.1, 0.15) is 26.2 Å². The molecule has 0 aliphatic rings. The van der Waals surface area contributed by atoms with Crippen LogP contribution in [-0.2, 0) is 27.1 Å². The van der Waals surface area contributed by atoms with Gasteiger partial charge in [0.25, 0.3) is 0 Å². The molecule has 0 saturated heterocycles. The number of hydrogen-bond donors (Lipinski definition) is 0. The van der Waals surface area contributed by atoms with E-state index in [4.69, 9.17) is 4.74 Å². The standard InChI is InChI=1S/C13H21FINO6S/c1-2-20-11(17)3-6-16(7-4-13(19)22-15)8-10-23-9-5-12(18)21-14/h2-10H2,1H3. The molecule has 0 unspecified atom stereocenters. The van der Waals surface area contributed by atoms with E-state index in [1.165, 1.54) is 34.8 Å². The lowest BCUT2D eigenvalue weighted by atomic mass is 10.3. The number of carbonyl (C=O) groups excluding carboxylic acids is 3. The third-order valence-corrected chi connectivity index (χ3v) is 4.20. The highest BCUT2D eigenvalue weighted by atomic mass is 127. The molecule has 7 nitrogen and oxygen atoms in total. The molecule has 0 aliphatic carbocycles. The van der Waals surface area contributed by atoms with Crippen LogP contribution in [0.5, 0.6) is 0 Å². The van der Waals surface area contributed by atoms with Gasteiger partial charge < -0.3 is 12.7 Å². The van der Waals surface area contributed by atoms with Crippen molar-refractivity contribution in [1.29, 1.82) is 0 Å². The van der Waals surface area contributed by atoms with Crippen LogP contribution < -0.4 is 0 Å². The molecular formula is C13H21FINO6S. The van der Waals surface area contributed by atoms with Crippen LogP contribution in [0, 0.1) is 0 Å². The maximum atomic E-state index is 11.5. The minimum Gasteiger partial charge on any atom is -0.466 e.